The Morgan fingerprint density at radius 1 is 1.50 bits per heavy atom. The lowest BCUT2D eigenvalue weighted by molar-refractivity contribution is -0.0106. The van der Waals surface area contributed by atoms with Gasteiger partial charge in [-0.15, -0.1) is 0 Å². The van der Waals surface area contributed by atoms with Crippen LogP contribution in [0.15, 0.2) is 23.0 Å². The first-order chi connectivity index (χ1) is 8.60. The Morgan fingerprint density at radius 2 is 2.28 bits per heavy atom. The molecule has 0 radical (unpaired) electrons. The van der Waals surface area contributed by atoms with Gasteiger partial charge in [0, 0.05) is 13.3 Å². The van der Waals surface area contributed by atoms with Gasteiger partial charge in [-0.1, -0.05) is 12.1 Å². The number of aromatic hydroxyl groups is 1. The number of hydrogen-bond acceptors (Lipinski definition) is 6. The van der Waals surface area contributed by atoms with E-state index in [1.807, 2.05) is 13.8 Å². The van der Waals surface area contributed by atoms with Gasteiger partial charge in [0.25, 0.3) is 5.89 Å². The molecule has 18 heavy (non-hydrogen) atoms. The van der Waals surface area contributed by atoms with E-state index in [1.165, 1.54) is 6.20 Å². The molecule has 0 bridgehead atoms. The number of aromatic nitrogens is 3. The molecule has 2 aromatic heterocycles. The molecular weight excluding hydrogens is 234 g/mol. The van der Waals surface area contributed by atoms with Crippen LogP contribution in [0.1, 0.15) is 26.1 Å². The van der Waals surface area contributed by atoms with E-state index in [1.54, 1.807) is 19.4 Å². The lowest BCUT2D eigenvalue weighted by atomic mass is 10.0. The van der Waals surface area contributed by atoms with E-state index < -0.39 is 5.60 Å². The maximum Gasteiger partial charge on any atom is 0.261 e. The first-order valence-corrected chi connectivity index (χ1v) is 5.63. The number of ether oxygens (including phenoxy) is 1. The highest BCUT2D eigenvalue weighted by Crippen LogP contribution is 2.30. The van der Waals surface area contributed by atoms with Crippen molar-refractivity contribution in [1.82, 2.24) is 15.1 Å². The van der Waals surface area contributed by atoms with E-state index in [2.05, 4.69) is 15.1 Å². The topological polar surface area (TPSA) is 81.3 Å². The molecule has 1 N–H and O–H groups in total. The molecule has 0 fully saturated rings. The standard InChI is InChI=1S/C12H15N3O3/c1-4-12(2,17-3)11-14-10(18-15-11)8-5-6-13-7-9(8)16/h5-7,16H,4H2,1-3H3. The molecule has 0 aliphatic heterocycles. The lowest BCUT2D eigenvalue weighted by Gasteiger charge is -2.21. The van der Waals surface area contributed by atoms with Gasteiger partial charge in [-0.2, -0.15) is 4.98 Å². The molecule has 2 aromatic rings. The fourth-order valence-electron chi connectivity index (χ4n) is 1.51. The fraction of sp³-hybridized carbons (Fsp3) is 0.417. The number of pyridine rings is 1. The first-order valence-electron chi connectivity index (χ1n) is 5.63. The molecule has 0 amide bonds. The Hall–Kier alpha value is -1.95. The van der Waals surface area contributed by atoms with Crippen molar-refractivity contribution in [2.75, 3.05) is 7.11 Å². The summed E-state index contributed by atoms with van der Waals surface area (Å²) in [5, 5.41) is 13.6. The smallest absolute Gasteiger partial charge is 0.261 e. The number of hydrogen-bond donors (Lipinski definition) is 1. The highest BCUT2D eigenvalue weighted by atomic mass is 16.5. The summed E-state index contributed by atoms with van der Waals surface area (Å²) < 4.78 is 10.5. The summed E-state index contributed by atoms with van der Waals surface area (Å²) in [7, 11) is 1.60. The summed E-state index contributed by atoms with van der Waals surface area (Å²) in [5.74, 6) is 0.712. The third-order valence-electron chi connectivity index (χ3n) is 3.05. The van der Waals surface area contributed by atoms with Crippen LogP contribution in [0.2, 0.25) is 0 Å². The molecule has 2 rings (SSSR count). The Labute approximate surface area is 105 Å². The van der Waals surface area contributed by atoms with Gasteiger partial charge in [0.2, 0.25) is 5.82 Å². The molecule has 6 heteroatoms. The Morgan fingerprint density at radius 3 is 2.89 bits per heavy atom. The predicted octanol–water partition coefficient (Wildman–Crippen LogP) is 2.11. The van der Waals surface area contributed by atoms with Crippen molar-refractivity contribution in [2.24, 2.45) is 0 Å². The van der Waals surface area contributed by atoms with Gasteiger partial charge in [0.15, 0.2) is 0 Å². The minimum absolute atomic E-state index is 0.00307. The van der Waals surface area contributed by atoms with Gasteiger partial charge in [-0.05, 0) is 19.4 Å². The maximum atomic E-state index is 9.67. The third-order valence-corrected chi connectivity index (χ3v) is 3.05. The van der Waals surface area contributed by atoms with E-state index in [-0.39, 0.29) is 11.6 Å². The van der Waals surface area contributed by atoms with E-state index in [9.17, 15) is 5.11 Å². The summed E-state index contributed by atoms with van der Waals surface area (Å²) in [5.41, 5.74) is -0.136. The van der Waals surface area contributed by atoms with Crippen LogP contribution in [-0.4, -0.2) is 27.3 Å². The van der Waals surface area contributed by atoms with Crippen LogP contribution in [0.25, 0.3) is 11.5 Å². The van der Waals surface area contributed by atoms with Crippen molar-refractivity contribution in [3.8, 4) is 17.2 Å². The lowest BCUT2D eigenvalue weighted by Crippen LogP contribution is -2.24. The second-order valence-electron chi connectivity index (χ2n) is 4.10. The largest absolute Gasteiger partial charge is 0.505 e. The van der Waals surface area contributed by atoms with E-state index in [4.69, 9.17) is 9.26 Å². The van der Waals surface area contributed by atoms with Crippen molar-refractivity contribution in [1.29, 1.82) is 0 Å². The van der Waals surface area contributed by atoms with Crippen LogP contribution in [0.5, 0.6) is 5.75 Å². The average molecular weight is 249 g/mol. The van der Waals surface area contributed by atoms with Crippen molar-refractivity contribution >= 4 is 0 Å². The fourth-order valence-corrected chi connectivity index (χ4v) is 1.51. The average Bonchev–Trinajstić information content (AvgIpc) is 2.88. The highest BCUT2D eigenvalue weighted by molar-refractivity contribution is 5.60. The maximum absolute atomic E-state index is 9.67. The number of rotatable bonds is 4. The van der Waals surface area contributed by atoms with Gasteiger partial charge < -0.3 is 14.4 Å². The Bertz CT molecular complexity index is 535. The van der Waals surface area contributed by atoms with E-state index in [0.29, 0.717) is 17.8 Å². The Kier molecular flexibility index (Phi) is 3.29. The molecule has 0 saturated carbocycles. The molecule has 0 saturated heterocycles. The van der Waals surface area contributed by atoms with Gasteiger partial charge >= 0.3 is 0 Å². The molecule has 1 unspecified atom stereocenters. The molecule has 96 valence electrons. The van der Waals surface area contributed by atoms with Crippen molar-refractivity contribution in [3.05, 3.63) is 24.3 Å². The van der Waals surface area contributed by atoms with Gasteiger partial charge in [-0.25, -0.2) is 0 Å². The minimum atomic E-state index is -0.593. The number of methoxy groups -OCH3 is 1. The van der Waals surface area contributed by atoms with E-state index in [0.717, 1.165) is 0 Å². The van der Waals surface area contributed by atoms with Crippen LogP contribution >= 0.6 is 0 Å². The second-order valence-corrected chi connectivity index (χ2v) is 4.10. The molecule has 2 heterocycles. The minimum Gasteiger partial charge on any atom is -0.505 e. The SMILES string of the molecule is CCC(C)(OC)c1noc(-c2ccncc2O)n1. The van der Waals surface area contributed by atoms with Crippen LogP contribution in [0, 0.1) is 0 Å². The van der Waals surface area contributed by atoms with Crippen LogP contribution in [0.3, 0.4) is 0 Å². The molecule has 0 spiro atoms. The zero-order chi connectivity index (χ0) is 13.2. The zero-order valence-corrected chi connectivity index (χ0v) is 10.5. The molecule has 0 aliphatic rings. The van der Waals surface area contributed by atoms with Crippen molar-refractivity contribution in [3.63, 3.8) is 0 Å². The quantitative estimate of drug-likeness (QED) is 0.893. The van der Waals surface area contributed by atoms with Crippen molar-refractivity contribution in [2.45, 2.75) is 25.9 Å². The van der Waals surface area contributed by atoms with Gasteiger partial charge in [-0.3, -0.25) is 4.98 Å². The van der Waals surface area contributed by atoms with Crippen LogP contribution in [0.4, 0.5) is 0 Å². The Balaban J connectivity index is 2.40. The van der Waals surface area contributed by atoms with Crippen LogP contribution in [-0.2, 0) is 10.3 Å². The first kappa shape index (κ1) is 12.5. The normalized spacial score (nSPS) is 14.4. The number of nitrogens with zero attached hydrogens (tertiary/aromatic N) is 3. The van der Waals surface area contributed by atoms with E-state index >= 15 is 0 Å². The summed E-state index contributed by atoms with van der Waals surface area (Å²) >= 11 is 0. The molecule has 0 aromatic carbocycles. The molecule has 0 aliphatic carbocycles. The molecular formula is C12H15N3O3. The highest BCUT2D eigenvalue weighted by Gasteiger charge is 2.30. The second kappa shape index (κ2) is 4.73. The van der Waals surface area contributed by atoms with Crippen molar-refractivity contribution < 1.29 is 14.4 Å². The van der Waals surface area contributed by atoms with Gasteiger partial charge in [0.1, 0.15) is 11.4 Å². The monoisotopic (exact) mass is 249 g/mol. The summed E-state index contributed by atoms with van der Waals surface area (Å²) in [6, 6.07) is 1.61. The predicted molar refractivity (Wildman–Crippen MR) is 63.8 cm³/mol. The summed E-state index contributed by atoms with van der Waals surface area (Å²) in [4.78, 5) is 8.06. The van der Waals surface area contributed by atoms with Gasteiger partial charge in [0.05, 0.1) is 11.8 Å². The molecule has 6 nitrogen and oxygen atoms in total. The summed E-state index contributed by atoms with van der Waals surface area (Å²) in [6.07, 6.45) is 3.59. The molecule has 1 atom stereocenters. The van der Waals surface area contributed by atoms with Crippen LogP contribution < -0.4 is 0 Å². The third kappa shape index (κ3) is 2.06. The zero-order valence-electron chi connectivity index (χ0n) is 10.5. The summed E-state index contributed by atoms with van der Waals surface area (Å²) in [6.45, 7) is 3.86.